The molecule has 0 unspecified atom stereocenters. The highest BCUT2D eigenvalue weighted by atomic mass is 79.9. The van der Waals surface area contributed by atoms with Gasteiger partial charge in [0.1, 0.15) is 5.65 Å². The van der Waals surface area contributed by atoms with Crippen LogP contribution in [0.15, 0.2) is 88.3 Å². The van der Waals surface area contributed by atoms with Gasteiger partial charge in [0.25, 0.3) is 11.5 Å². The van der Waals surface area contributed by atoms with Crippen molar-refractivity contribution in [1.29, 1.82) is 0 Å². The van der Waals surface area contributed by atoms with Crippen molar-refractivity contribution in [3.8, 4) is 17.1 Å². The molecule has 1 aliphatic heterocycles. The second kappa shape index (κ2) is 12.3. The summed E-state index contributed by atoms with van der Waals surface area (Å²) in [6.07, 6.45) is -2.47. The Morgan fingerprint density at radius 2 is 1.72 bits per heavy atom. The van der Waals surface area contributed by atoms with Crippen molar-refractivity contribution in [2.75, 3.05) is 0 Å². The van der Waals surface area contributed by atoms with Crippen LogP contribution < -0.4 is 5.56 Å². The lowest BCUT2D eigenvalue weighted by Crippen LogP contribution is -2.46. The molecular weight excluding hydrogens is 725 g/mol. The summed E-state index contributed by atoms with van der Waals surface area (Å²) in [5, 5.41) is 12.1. The first-order chi connectivity index (χ1) is 23.7. The predicted octanol–water partition coefficient (Wildman–Crippen LogP) is 7.34. The highest BCUT2D eigenvalue weighted by molar-refractivity contribution is 9.10. The molecule has 0 bridgehead atoms. The smallest absolute Gasteiger partial charge is 0.330 e. The molecule has 1 N–H and O–H groups in total. The Balaban J connectivity index is 1.33. The maximum absolute atomic E-state index is 14.5. The number of H-pyrrole nitrogens is 1. The quantitative estimate of drug-likeness (QED) is 0.180. The molecule has 1 atom stereocenters. The predicted molar refractivity (Wildman–Crippen MR) is 177 cm³/mol. The molecule has 0 fully saturated rings. The van der Waals surface area contributed by atoms with Gasteiger partial charge in [-0.05, 0) is 61.4 Å². The van der Waals surface area contributed by atoms with Gasteiger partial charge in [-0.1, -0.05) is 46.3 Å². The molecule has 9 nitrogen and oxygen atoms in total. The number of nitrogens with one attached hydrogen (secondary N) is 1. The van der Waals surface area contributed by atoms with Crippen LogP contribution in [0.3, 0.4) is 0 Å². The fourth-order valence-corrected chi connectivity index (χ4v) is 6.71. The standard InChI is InChI=1S/C35H27BrF5N7O2/c1-19-14-25-28(18-46(19)31(49)22-10-13-27(36)26(16-22)35(39,40)41)48-30(23(17-42-48)15-20-6-4-3-5-7-20)47(32(25)50)24-11-8-21(9-12-24)29-43-33(45-44-29)34(2,37)38/h3-13,16-17,19H,14-15,18H2,1-2H3,(H,43,44,45)/t19-/m0/s1. The number of halogens is 6. The third kappa shape index (κ3) is 5.99. The second-order valence-electron chi connectivity index (χ2n) is 12.3. The van der Waals surface area contributed by atoms with E-state index in [-0.39, 0.29) is 34.4 Å². The molecule has 0 spiro atoms. The molecule has 1 amide bonds. The van der Waals surface area contributed by atoms with Crippen molar-refractivity contribution < 1.29 is 26.7 Å². The van der Waals surface area contributed by atoms with E-state index in [1.165, 1.54) is 21.6 Å². The zero-order valence-electron chi connectivity index (χ0n) is 26.5. The second-order valence-corrected chi connectivity index (χ2v) is 13.1. The van der Waals surface area contributed by atoms with Gasteiger partial charge in [0.05, 0.1) is 29.7 Å². The maximum Gasteiger partial charge on any atom is 0.417 e. The summed E-state index contributed by atoms with van der Waals surface area (Å²) in [4.78, 5) is 32.2. The van der Waals surface area contributed by atoms with Crippen LogP contribution in [0.2, 0.25) is 0 Å². The molecule has 4 heterocycles. The average Bonchev–Trinajstić information content (AvgIpc) is 3.74. The minimum Gasteiger partial charge on any atom is -0.330 e. The average molecular weight is 753 g/mol. The highest BCUT2D eigenvalue weighted by Gasteiger charge is 2.37. The van der Waals surface area contributed by atoms with Crippen molar-refractivity contribution in [1.82, 2.24) is 34.3 Å². The van der Waals surface area contributed by atoms with E-state index in [0.29, 0.717) is 47.1 Å². The SMILES string of the molecule is C[C@H]1Cc2c(n3ncc(Cc4ccccc4)c3n(-c3ccc(-c4nnc(C(C)(F)F)[nH]4)cc3)c2=O)CN1C(=O)c1ccc(Br)c(C(F)(F)F)c1. The third-order valence-electron chi connectivity index (χ3n) is 8.76. The molecule has 6 aromatic rings. The first kappa shape index (κ1) is 33.3. The van der Waals surface area contributed by atoms with E-state index in [2.05, 4.69) is 36.2 Å². The Morgan fingerprint density at radius 1 is 1.00 bits per heavy atom. The molecule has 256 valence electrons. The highest BCUT2D eigenvalue weighted by Crippen LogP contribution is 2.36. The van der Waals surface area contributed by atoms with Gasteiger partial charge in [-0.2, -0.15) is 27.1 Å². The molecule has 0 saturated heterocycles. The van der Waals surface area contributed by atoms with E-state index in [1.807, 2.05) is 30.3 Å². The monoisotopic (exact) mass is 751 g/mol. The molecule has 0 radical (unpaired) electrons. The van der Waals surface area contributed by atoms with Crippen LogP contribution in [-0.2, 0) is 31.5 Å². The Morgan fingerprint density at radius 3 is 2.38 bits per heavy atom. The summed E-state index contributed by atoms with van der Waals surface area (Å²) < 4.78 is 71.6. The summed E-state index contributed by atoms with van der Waals surface area (Å²) in [5.74, 6) is -4.25. The zero-order valence-corrected chi connectivity index (χ0v) is 28.1. The van der Waals surface area contributed by atoms with Crippen LogP contribution >= 0.6 is 15.9 Å². The summed E-state index contributed by atoms with van der Waals surface area (Å²) in [6, 6.07) is 19.0. The number of carbonyl (C=O) groups is 1. The number of aromatic amines is 1. The first-order valence-corrected chi connectivity index (χ1v) is 16.3. The lowest BCUT2D eigenvalue weighted by molar-refractivity contribution is -0.138. The van der Waals surface area contributed by atoms with Gasteiger partial charge in [-0.3, -0.25) is 14.2 Å². The molecule has 15 heteroatoms. The van der Waals surface area contributed by atoms with Gasteiger partial charge in [-0.25, -0.2) is 4.52 Å². The van der Waals surface area contributed by atoms with Crippen LogP contribution in [0, 0.1) is 0 Å². The van der Waals surface area contributed by atoms with Crippen LogP contribution in [0.4, 0.5) is 22.0 Å². The largest absolute Gasteiger partial charge is 0.417 e. The Kier molecular flexibility index (Phi) is 8.20. The number of fused-ring (bicyclic) bond motifs is 3. The van der Waals surface area contributed by atoms with Gasteiger partial charge in [0.15, 0.2) is 5.82 Å². The van der Waals surface area contributed by atoms with Crippen LogP contribution in [0.5, 0.6) is 0 Å². The minimum atomic E-state index is -4.67. The van der Waals surface area contributed by atoms with Crippen LogP contribution in [-0.4, -0.2) is 46.2 Å². The molecular formula is C35H27BrF5N7O2. The van der Waals surface area contributed by atoms with E-state index in [0.717, 1.165) is 11.6 Å². The van der Waals surface area contributed by atoms with Gasteiger partial charge in [0.2, 0.25) is 5.82 Å². The number of amides is 1. The lowest BCUT2D eigenvalue weighted by Gasteiger charge is -2.35. The van der Waals surface area contributed by atoms with E-state index < -0.39 is 35.4 Å². The number of nitrogens with zero attached hydrogens (tertiary/aromatic N) is 6. The Bertz CT molecular complexity index is 2310. The number of carbonyl (C=O) groups excluding carboxylic acids is 1. The third-order valence-corrected chi connectivity index (χ3v) is 9.46. The Hall–Kier alpha value is -5.18. The Labute approximate surface area is 289 Å². The van der Waals surface area contributed by atoms with Crippen molar-refractivity contribution in [2.45, 2.75) is 51.4 Å². The van der Waals surface area contributed by atoms with E-state index in [4.69, 9.17) is 0 Å². The molecule has 3 aromatic heterocycles. The normalized spacial score (nSPS) is 15.0. The summed E-state index contributed by atoms with van der Waals surface area (Å²) in [6.45, 7) is 2.39. The minimum absolute atomic E-state index is 0.0688. The molecule has 3 aromatic carbocycles. The zero-order chi connectivity index (χ0) is 35.5. The van der Waals surface area contributed by atoms with Gasteiger partial charge >= 0.3 is 12.1 Å². The van der Waals surface area contributed by atoms with E-state index in [9.17, 15) is 31.5 Å². The molecule has 50 heavy (non-hydrogen) atoms. The van der Waals surface area contributed by atoms with Crippen molar-refractivity contribution in [3.05, 3.63) is 133 Å². The van der Waals surface area contributed by atoms with Crippen LogP contribution in [0.1, 0.15) is 58.0 Å². The van der Waals surface area contributed by atoms with E-state index >= 15 is 0 Å². The molecule has 0 saturated carbocycles. The lowest BCUT2D eigenvalue weighted by atomic mass is 9.97. The number of hydrogen-bond acceptors (Lipinski definition) is 5. The topological polar surface area (TPSA) is 101 Å². The van der Waals surface area contributed by atoms with Crippen molar-refractivity contribution in [2.24, 2.45) is 0 Å². The van der Waals surface area contributed by atoms with Gasteiger partial charge < -0.3 is 9.88 Å². The van der Waals surface area contributed by atoms with Crippen molar-refractivity contribution >= 4 is 27.5 Å². The van der Waals surface area contributed by atoms with Crippen LogP contribution in [0.25, 0.3) is 22.7 Å². The van der Waals surface area contributed by atoms with Gasteiger partial charge in [0, 0.05) is 46.1 Å². The number of aromatic nitrogens is 6. The fourth-order valence-electron chi connectivity index (χ4n) is 6.24. The maximum atomic E-state index is 14.5. The van der Waals surface area contributed by atoms with Crippen molar-refractivity contribution in [3.63, 3.8) is 0 Å². The molecule has 1 aliphatic rings. The van der Waals surface area contributed by atoms with Gasteiger partial charge in [-0.15, -0.1) is 10.2 Å². The number of hydrogen-bond donors (Lipinski definition) is 1. The number of rotatable bonds is 6. The van der Waals surface area contributed by atoms with E-state index in [1.54, 1.807) is 41.9 Å². The fraction of sp³-hybridized carbons (Fsp3) is 0.229. The molecule has 0 aliphatic carbocycles. The summed E-state index contributed by atoms with van der Waals surface area (Å²) in [7, 11) is 0. The summed E-state index contributed by atoms with van der Waals surface area (Å²) >= 11 is 2.93. The number of alkyl halides is 5. The first-order valence-electron chi connectivity index (χ1n) is 15.5. The summed E-state index contributed by atoms with van der Waals surface area (Å²) in [5.41, 5.74) is 2.49. The number of benzene rings is 3. The molecule has 7 rings (SSSR count).